The Labute approximate surface area is 141 Å². The van der Waals surface area contributed by atoms with E-state index in [2.05, 4.69) is 52.1 Å². The summed E-state index contributed by atoms with van der Waals surface area (Å²) in [5.74, 6) is 0. The van der Waals surface area contributed by atoms with Crippen LogP contribution in [0.1, 0.15) is 30.4 Å². The Kier molecular flexibility index (Phi) is 3.98. The summed E-state index contributed by atoms with van der Waals surface area (Å²) in [7, 11) is 0. The highest BCUT2D eigenvalue weighted by atomic mass is 16.1. The van der Waals surface area contributed by atoms with E-state index in [1.165, 1.54) is 49.0 Å². The third-order valence-electron chi connectivity index (χ3n) is 5.12. The van der Waals surface area contributed by atoms with E-state index in [0.29, 0.717) is 0 Å². The van der Waals surface area contributed by atoms with Crippen LogP contribution in [-0.4, -0.2) is 28.0 Å². The first-order valence-electron chi connectivity index (χ1n) is 8.74. The Morgan fingerprint density at radius 1 is 1.00 bits per heavy atom. The van der Waals surface area contributed by atoms with Gasteiger partial charge in [0.15, 0.2) is 0 Å². The maximum Gasteiger partial charge on any atom is 0.323 e. The summed E-state index contributed by atoms with van der Waals surface area (Å²) in [5, 5.41) is 0. The number of H-pyrrole nitrogens is 2. The van der Waals surface area contributed by atoms with Crippen LogP contribution >= 0.6 is 0 Å². The topological polar surface area (TPSA) is 51.9 Å². The second kappa shape index (κ2) is 6.29. The molecule has 1 saturated heterocycles. The predicted octanol–water partition coefficient (Wildman–Crippen LogP) is 3.82. The van der Waals surface area contributed by atoms with E-state index in [9.17, 15) is 4.79 Å². The summed E-state index contributed by atoms with van der Waals surface area (Å²) in [6, 6.07) is 12.7. The van der Waals surface area contributed by atoms with Gasteiger partial charge in [0.2, 0.25) is 0 Å². The lowest BCUT2D eigenvalue weighted by Gasteiger charge is -2.27. The summed E-state index contributed by atoms with van der Waals surface area (Å²) in [6.07, 6.45) is 4.00. The van der Waals surface area contributed by atoms with Gasteiger partial charge in [0.05, 0.1) is 11.0 Å². The van der Waals surface area contributed by atoms with E-state index in [1.54, 1.807) is 0 Å². The molecule has 0 aliphatic carbocycles. The highest BCUT2D eigenvalue weighted by Crippen LogP contribution is 2.28. The number of imidazole rings is 1. The molecule has 1 fully saturated rings. The molecule has 0 atom stereocenters. The molecule has 0 amide bonds. The number of hydrogen-bond acceptors (Lipinski definition) is 2. The lowest BCUT2D eigenvalue weighted by molar-refractivity contribution is 0.220. The van der Waals surface area contributed by atoms with Crippen LogP contribution in [0.4, 0.5) is 0 Å². The molecule has 2 aromatic carbocycles. The fraction of sp³-hybridized carbons (Fsp3) is 0.350. The Bertz CT molecular complexity index is 916. The van der Waals surface area contributed by atoms with Crippen LogP contribution in [-0.2, 0) is 6.54 Å². The SMILES string of the molecule is Cc1c(CN2CCCCC2)cccc1-c1ccc2[nH]c(=O)[nH]c2c1. The molecule has 2 heterocycles. The Morgan fingerprint density at radius 2 is 1.79 bits per heavy atom. The molecule has 4 heteroatoms. The van der Waals surface area contributed by atoms with Crippen molar-refractivity contribution in [3.63, 3.8) is 0 Å². The number of likely N-dealkylation sites (tertiary alicyclic amines) is 1. The summed E-state index contributed by atoms with van der Waals surface area (Å²) in [5.41, 5.74) is 6.68. The number of piperidine rings is 1. The predicted molar refractivity (Wildman–Crippen MR) is 98.2 cm³/mol. The van der Waals surface area contributed by atoms with Crippen LogP contribution in [0, 0.1) is 6.92 Å². The Hall–Kier alpha value is -2.33. The zero-order valence-corrected chi connectivity index (χ0v) is 14.1. The fourth-order valence-electron chi connectivity index (χ4n) is 3.73. The standard InChI is InChI=1S/C20H23N3O/c1-14-16(13-23-10-3-2-4-11-23)6-5-7-17(14)15-8-9-18-19(12-15)22-20(24)21-18/h5-9,12H,2-4,10-11,13H2,1H3,(H2,21,22,24). The van der Waals surface area contributed by atoms with Gasteiger partial charge in [-0.3, -0.25) is 4.90 Å². The van der Waals surface area contributed by atoms with Gasteiger partial charge in [-0.05, 0) is 67.2 Å². The maximum atomic E-state index is 11.5. The van der Waals surface area contributed by atoms with Gasteiger partial charge in [-0.15, -0.1) is 0 Å². The van der Waals surface area contributed by atoms with Crippen LogP contribution in [0.15, 0.2) is 41.2 Å². The molecule has 3 aromatic rings. The first-order chi connectivity index (χ1) is 11.7. The van der Waals surface area contributed by atoms with E-state index < -0.39 is 0 Å². The van der Waals surface area contributed by atoms with E-state index in [1.807, 2.05) is 6.07 Å². The first kappa shape index (κ1) is 15.2. The molecule has 2 N–H and O–H groups in total. The van der Waals surface area contributed by atoms with Crippen molar-refractivity contribution in [2.75, 3.05) is 13.1 Å². The largest absolute Gasteiger partial charge is 0.323 e. The van der Waals surface area contributed by atoms with Crippen LogP contribution in [0.3, 0.4) is 0 Å². The molecule has 0 radical (unpaired) electrons. The maximum absolute atomic E-state index is 11.5. The molecule has 0 spiro atoms. The Morgan fingerprint density at radius 3 is 2.62 bits per heavy atom. The number of rotatable bonds is 3. The summed E-state index contributed by atoms with van der Waals surface area (Å²) < 4.78 is 0. The molecular formula is C20H23N3O. The third-order valence-corrected chi connectivity index (χ3v) is 5.12. The van der Waals surface area contributed by atoms with Crippen LogP contribution in [0.5, 0.6) is 0 Å². The van der Waals surface area contributed by atoms with E-state index >= 15 is 0 Å². The van der Waals surface area contributed by atoms with Gasteiger partial charge in [0.1, 0.15) is 0 Å². The monoisotopic (exact) mass is 321 g/mol. The van der Waals surface area contributed by atoms with Gasteiger partial charge in [-0.25, -0.2) is 4.79 Å². The zero-order valence-electron chi connectivity index (χ0n) is 14.1. The quantitative estimate of drug-likeness (QED) is 0.770. The summed E-state index contributed by atoms with van der Waals surface area (Å²) in [6.45, 7) is 5.65. The average Bonchev–Trinajstić information content (AvgIpc) is 2.97. The van der Waals surface area contributed by atoms with Gasteiger partial charge in [0.25, 0.3) is 0 Å². The molecular weight excluding hydrogens is 298 g/mol. The van der Waals surface area contributed by atoms with Crippen molar-refractivity contribution in [1.29, 1.82) is 0 Å². The van der Waals surface area contributed by atoms with Crippen molar-refractivity contribution in [2.45, 2.75) is 32.7 Å². The van der Waals surface area contributed by atoms with Crippen LogP contribution in [0.2, 0.25) is 0 Å². The highest BCUT2D eigenvalue weighted by Gasteiger charge is 2.13. The van der Waals surface area contributed by atoms with E-state index in [4.69, 9.17) is 0 Å². The normalized spacial score (nSPS) is 15.9. The number of fused-ring (bicyclic) bond motifs is 1. The molecule has 1 aliphatic heterocycles. The van der Waals surface area contributed by atoms with Crippen molar-refractivity contribution in [2.24, 2.45) is 0 Å². The number of hydrogen-bond donors (Lipinski definition) is 2. The van der Waals surface area contributed by atoms with E-state index in [-0.39, 0.29) is 5.69 Å². The lowest BCUT2D eigenvalue weighted by Crippen LogP contribution is -2.29. The first-order valence-corrected chi connectivity index (χ1v) is 8.74. The number of benzene rings is 2. The smallest absolute Gasteiger partial charge is 0.306 e. The number of nitrogens with one attached hydrogen (secondary N) is 2. The number of aromatic nitrogens is 2. The zero-order chi connectivity index (χ0) is 16.5. The van der Waals surface area contributed by atoms with E-state index in [0.717, 1.165) is 23.1 Å². The highest BCUT2D eigenvalue weighted by molar-refractivity contribution is 5.82. The van der Waals surface area contributed by atoms with Gasteiger partial charge in [-0.1, -0.05) is 30.7 Å². The minimum Gasteiger partial charge on any atom is -0.306 e. The summed E-state index contributed by atoms with van der Waals surface area (Å²) >= 11 is 0. The van der Waals surface area contributed by atoms with Crippen molar-refractivity contribution in [3.8, 4) is 11.1 Å². The minimum absolute atomic E-state index is 0.155. The molecule has 0 saturated carbocycles. The van der Waals surface area contributed by atoms with Gasteiger partial charge in [-0.2, -0.15) is 0 Å². The van der Waals surface area contributed by atoms with Crippen molar-refractivity contribution < 1.29 is 0 Å². The molecule has 1 aromatic heterocycles. The summed E-state index contributed by atoms with van der Waals surface area (Å²) in [4.78, 5) is 19.7. The fourth-order valence-corrected chi connectivity index (χ4v) is 3.73. The van der Waals surface area contributed by atoms with Crippen molar-refractivity contribution >= 4 is 11.0 Å². The van der Waals surface area contributed by atoms with Crippen molar-refractivity contribution in [3.05, 3.63) is 58.0 Å². The molecule has 4 nitrogen and oxygen atoms in total. The van der Waals surface area contributed by atoms with Crippen molar-refractivity contribution in [1.82, 2.24) is 14.9 Å². The molecule has 4 rings (SSSR count). The number of nitrogens with zero attached hydrogens (tertiary/aromatic N) is 1. The molecule has 1 aliphatic rings. The Balaban J connectivity index is 1.68. The second-order valence-electron chi connectivity index (χ2n) is 6.77. The minimum atomic E-state index is -0.155. The van der Waals surface area contributed by atoms with Crippen LogP contribution < -0.4 is 5.69 Å². The lowest BCUT2D eigenvalue weighted by atomic mass is 9.95. The second-order valence-corrected chi connectivity index (χ2v) is 6.77. The third kappa shape index (κ3) is 2.89. The molecule has 0 bridgehead atoms. The van der Waals surface area contributed by atoms with Gasteiger partial charge >= 0.3 is 5.69 Å². The molecule has 124 valence electrons. The van der Waals surface area contributed by atoms with Crippen LogP contribution in [0.25, 0.3) is 22.2 Å². The number of aromatic amines is 2. The molecule has 0 unspecified atom stereocenters. The van der Waals surface area contributed by atoms with Gasteiger partial charge < -0.3 is 9.97 Å². The average molecular weight is 321 g/mol. The van der Waals surface area contributed by atoms with Gasteiger partial charge in [0, 0.05) is 6.54 Å². The molecule has 24 heavy (non-hydrogen) atoms.